The first-order valence-electron chi connectivity index (χ1n) is 7.96. The van der Waals surface area contributed by atoms with Gasteiger partial charge in [-0.05, 0) is 43.3 Å². The number of aryl methyl sites for hydroxylation is 1. The Labute approximate surface area is 152 Å². The van der Waals surface area contributed by atoms with E-state index in [0.717, 1.165) is 12.1 Å². The van der Waals surface area contributed by atoms with E-state index in [1.54, 1.807) is 6.92 Å². The molecule has 0 saturated heterocycles. The molecule has 27 heavy (non-hydrogen) atoms. The van der Waals surface area contributed by atoms with Crippen LogP contribution in [0.15, 0.2) is 42.5 Å². The number of carbonyl (C=O) groups is 1. The lowest BCUT2D eigenvalue weighted by molar-refractivity contribution is 0.0689. The molecule has 1 N–H and O–H groups in total. The van der Waals surface area contributed by atoms with Crippen LogP contribution in [0.1, 0.15) is 27.3 Å². The molecule has 1 aromatic heterocycles. The molecule has 0 spiro atoms. The lowest BCUT2D eigenvalue weighted by atomic mass is 10.2. The maximum absolute atomic E-state index is 13.7. The van der Waals surface area contributed by atoms with E-state index in [2.05, 4.69) is 5.10 Å². The van der Waals surface area contributed by atoms with Crippen molar-refractivity contribution in [2.45, 2.75) is 20.1 Å². The Balaban J connectivity index is 1.84. The van der Waals surface area contributed by atoms with E-state index in [-0.39, 0.29) is 30.2 Å². The zero-order valence-electron chi connectivity index (χ0n) is 14.2. The predicted molar refractivity (Wildman–Crippen MR) is 90.1 cm³/mol. The predicted octanol–water partition coefficient (Wildman–Crippen LogP) is 3.93. The molecule has 8 heteroatoms. The number of aromatic nitrogens is 2. The van der Waals surface area contributed by atoms with Crippen molar-refractivity contribution in [1.29, 1.82) is 0 Å². The zero-order valence-corrected chi connectivity index (χ0v) is 14.2. The number of hydrogen-bond acceptors (Lipinski definition) is 3. The molecule has 0 radical (unpaired) electrons. The van der Waals surface area contributed by atoms with Gasteiger partial charge in [-0.1, -0.05) is 0 Å². The average molecular weight is 376 g/mol. The maximum Gasteiger partial charge on any atom is 0.356 e. The normalized spacial score (nSPS) is 10.8. The van der Waals surface area contributed by atoms with Crippen LogP contribution in [0.4, 0.5) is 13.2 Å². The highest BCUT2D eigenvalue weighted by Gasteiger charge is 2.14. The molecule has 0 saturated carbocycles. The smallest absolute Gasteiger partial charge is 0.356 e. The first-order chi connectivity index (χ1) is 12.8. The van der Waals surface area contributed by atoms with Crippen LogP contribution < -0.4 is 4.74 Å². The van der Waals surface area contributed by atoms with Crippen molar-refractivity contribution in [3.05, 3.63) is 82.4 Å². The van der Waals surface area contributed by atoms with E-state index in [4.69, 9.17) is 9.84 Å². The summed E-state index contributed by atoms with van der Waals surface area (Å²) in [7, 11) is 0. The first kappa shape index (κ1) is 18.5. The lowest BCUT2D eigenvalue weighted by Gasteiger charge is -2.13. The second-order valence-electron chi connectivity index (χ2n) is 5.91. The Bertz CT molecular complexity index is 1000. The minimum Gasteiger partial charge on any atom is -0.488 e. The third kappa shape index (κ3) is 4.28. The third-order valence-electron chi connectivity index (χ3n) is 3.94. The Kier molecular flexibility index (Phi) is 5.16. The summed E-state index contributed by atoms with van der Waals surface area (Å²) in [5.74, 6) is -2.82. The number of ether oxygens (including phenoxy) is 1. The highest BCUT2D eigenvalue weighted by atomic mass is 19.1. The molecule has 0 fully saturated rings. The topological polar surface area (TPSA) is 64.3 Å². The van der Waals surface area contributed by atoms with Crippen LogP contribution in [0.3, 0.4) is 0 Å². The average Bonchev–Trinajstić information content (AvgIpc) is 2.97. The number of carboxylic acids is 1. The number of aromatic carboxylic acids is 1. The minimum absolute atomic E-state index is 0.0676. The fourth-order valence-electron chi connectivity index (χ4n) is 2.54. The van der Waals surface area contributed by atoms with E-state index in [1.807, 2.05) is 0 Å². The highest BCUT2D eigenvalue weighted by Crippen LogP contribution is 2.23. The van der Waals surface area contributed by atoms with E-state index in [0.29, 0.717) is 11.3 Å². The number of carboxylic acid groups (broad SMARTS) is 1. The van der Waals surface area contributed by atoms with Crippen LogP contribution >= 0.6 is 0 Å². The van der Waals surface area contributed by atoms with Gasteiger partial charge in [0, 0.05) is 22.9 Å². The van der Waals surface area contributed by atoms with Crippen LogP contribution in [-0.4, -0.2) is 20.9 Å². The van der Waals surface area contributed by atoms with Crippen molar-refractivity contribution >= 4 is 5.97 Å². The third-order valence-corrected chi connectivity index (χ3v) is 3.94. The fraction of sp³-hybridized carbons (Fsp3) is 0.158. The van der Waals surface area contributed by atoms with E-state index < -0.39 is 23.4 Å². The van der Waals surface area contributed by atoms with Crippen LogP contribution in [0.25, 0.3) is 0 Å². The monoisotopic (exact) mass is 376 g/mol. The minimum atomic E-state index is -1.17. The van der Waals surface area contributed by atoms with Gasteiger partial charge in [-0.2, -0.15) is 5.10 Å². The molecule has 3 rings (SSSR count). The van der Waals surface area contributed by atoms with E-state index >= 15 is 0 Å². The summed E-state index contributed by atoms with van der Waals surface area (Å²) in [5, 5.41) is 13.0. The summed E-state index contributed by atoms with van der Waals surface area (Å²) in [5.41, 5.74) is 1.00. The summed E-state index contributed by atoms with van der Waals surface area (Å²) in [4.78, 5) is 11.0. The summed E-state index contributed by atoms with van der Waals surface area (Å²) in [6.45, 7) is 1.56. The van der Waals surface area contributed by atoms with Crippen molar-refractivity contribution in [1.82, 2.24) is 9.78 Å². The molecule has 0 aliphatic carbocycles. The van der Waals surface area contributed by atoms with Crippen molar-refractivity contribution in [3.63, 3.8) is 0 Å². The van der Waals surface area contributed by atoms with Crippen LogP contribution in [0.2, 0.25) is 0 Å². The summed E-state index contributed by atoms with van der Waals surface area (Å²) >= 11 is 0. The molecule has 0 bridgehead atoms. The van der Waals surface area contributed by atoms with Gasteiger partial charge in [0.05, 0.1) is 6.54 Å². The molecule has 5 nitrogen and oxygen atoms in total. The maximum atomic E-state index is 13.7. The highest BCUT2D eigenvalue weighted by molar-refractivity contribution is 5.85. The second kappa shape index (κ2) is 7.53. The van der Waals surface area contributed by atoms with Gasteiger partial charge in [0.15, 0.2) is 5.69 Å². The van der Waals surface area contributed by atoms with Crippen molar-refractivity contribution in [3.8, 4) is 5.75 Å². The lowest BCUT2D eigenvalue weighted by Crippen LogP contribution is -2.08. The SMILES string of the molecule is Cc1cc(C(=O)O)nn1Cc1cc(F)ccc1OCc1ccc(F)cc1F. The van der Waals surface area contributed by atoms with Gasteiger partial charge in [0.1, 0.15) is 29.8 Å². The molecule has 140 valence electrons. The Hall–Kier alpha value is -3.29. The van der Waals surface area contributed by atoms with Gasteiger partial charge in [-0.25, -0.2) is 18.0 Å². The Morgan fingerprint density at radius 3 is 2.44 bits per heavy atom. The Morgan fingerprint density at radius 2 is 1.78 bits per heavy atom. The van der Waals surface area contributed by atoms with Crippen LogP contribution in [-0.2, 0) is 13.2 Å². The van der Waals surface area contributed by atoms with Crippen molar-refractivity contribution < 1.29 is 27.8 Å². The number of rotatable bonds is 6. The van der Waals surface area contributed by atoms with E-state index in [1.165, 1.54) is 35.0 Å². The molecule has 1 heterocycles. The second-order valence-corrected chi connectivity index (χ2v) is 5.91. The first-order valence-corrected chi connectivity index (χ1v) is 7.96. The van der Waals surface area contributed by atoms with Crippen LogP contribution in [0.5, 0.6) is 5.75 Å². The molecule has 3 aromatic rings. The largest absolute Gasteiger partial charge is 0.488 e. The van der Waals surface area contributed by atoms with Gasteiger partial charge in [0.25, 0.3) is 0 Å². The molecule has 2 aromatic carbocycles. The van der Waals surface area contributed by atoms with Crippen molar-refractivity contribution in [2.75, 3.05) is 0 Å². The molecule has 0 atom stereocenters. The number of nitrogens with zero attached hydrogens (tertiary/aromatic N) is 2. The molecular formula is C19H15F3N2O3. The van der Waals surface area contributed by atoms with Crippen LogP contribution in [0, 0.1) is 24.4 Å². The fourth-order valence-corrected chi connectivity index (χ4v) is 2.54. The summed E-state index contributed by atoms with van der Waals surface area (Å²) < 4.78 is 47.4. The number of hydrogen-bond donors (Lipinski definition) is 1. The van der Waals surface area contributed by atoms with Gasteiger partial charge < -0.3 is 9.84 Å². The number of halogens is 3. The summed E-state index contributed by atoms with van der Waals surface area (Å²) in [6, 6.07) is 8.36. The van der Waals surface area contributed by atoms with Gasteiger partial charge in [-0.3, -0.25) is 4.68 Å². The quantitative estimate of drug-likeness (QED) is 0.708. The Morgan fingerprint density at radius 1 is 1.07 bits per heavy atom. The molecule has 0 amide bonds. The van der Waals surface area contributed by atoms with Gasteiger partial charge >= 0.3 is 5.97 Å². The standard InChI is InChI=1S/C19H15F3N2O3/c1-11-6-17(19(25)26)23-24(11)9-13-7-14(20)4-5-18(13)27-10-12-2-3-15(21)8-16(12)22/h2-8H,9-10H2,1H3,(H,25,26). The van der Waals surface area contributed by atoms with Gasteiger partial charge in [0.2, 0.25) is 0 Å². The molecular weight excluding hydrogens is 361 g/mol. The summed E-state index contributed by atoms with van der Waals surface area (Å²) in [6.07, 6.45) is 0. The van der Waals surface area contributed by atoms with E-state index in [9.17, 15) is 18.0 Å². The molecule has 0 aliphatic heterocycles. The molecule has 0 aliphatic rings. The molecule has 0 unspecified atom stereocenters. The van der Waals surface area contributed by atoms with Gasteiger partial charge in [-0.15, -0.1) is 0 Å². The number of benzene rings is 2. The zero-order chi connectivity index (χ0) is 19.6. The van der Waals surface area contributed by atoms with Crippen molar-refractivity contribution in [2.24, 2.45) is 0 Å².